The summed E-state index contributed by atoms with van der Waals surface area (Å²) >= 11 is 1.29. The second-order valence-corrected chi connectivity index (χ2v) is 10.1. The second-order valence-electron chi connectivity index (χ2n) is 6.97. The van der Waals surface area contributed by atoms with Crippen LogP contribution in [-0.4, -0.2) is 25.8 Å². The zero-order valence-corrected chi connectivity index (χ0v) is 16.7. The summed E-state index contributed by atoms with van der Waals surface area (Å²) in [7, 11) is -3.35. The first-order valence-electron chi connectivity index (χ1n) is 9.30. The van der Waals surface area contributed by atoms with E-state index >= 15 is 0 Å². The fraction of sp³-hybridized carbons (Fsp3) is 0.273. The molecule has 140 valence electrons. The smallest absolute Gasteiger partial charge is 0.206 e. The molecule has 3 nitrogen and oxygen atoms in total. The van der Waals surface area contributed by atoms with Crippen molar-refractivity contribution < 1.29 is 8.42 Å². The number of benzene rings is 2. The minimum atomic E-state index is -3.35. The minimum Gasteiger partial charge on any atom is -0.206 e. The van der Waals surface area contributed by atoms with Gasteiger partial charge in [0.05, 0.1) is 0 Å². The summed E-state index contributed by atoms with van der Waals surface area (Å²) in [5.41, 5.74) is 2.62. The fourth-order valence-corrected chi connectivity index (χ4v) is 6.66. The first-order valence-corrected chi connectivity index (χ1v) is 11.6. The molecule has 2 heterocycles. The minimum absolute atomic E-state index is 0.305. The number of piperidine rings is 1. The highest BCUT2D eigenvalue weighted by molar-refractivity contribution is 7.91. The molecule has 0 atom stereocenters. The van der Waals surface area contributed by atoms with Gasteiger partial charge in [0, 0.05) is 19.0 Å². The number of hydrogen-bond donors (Lipinski definition) is 0. The van der Waals surface area contributed by atoms with Crippen LogP contribution in [0.2, 0.25) is 0 Å². The average molecular weight is 398 g/mol. The van der Waals surface area contributed by atoms with Gasteiger partial charge in [-0.15, -0.1) is 11.3 Å². The van der Waals surface area contributed by atoms with E-state index in [1.54, 1.807) is 16.4 Å². The van der Waals surface area contributed by atoms with Gasteiger partial charge < -0.3 is 0 Å². The predicted octanol–water partition coefficient (Wildman–Crippen LogP) is 4.98. The van der Waals surface area contributed by atoms with Crippen molar-refractivity contribution in [2.45, 2.75) is 23.0 Å². The van der Waals surface area contributed by atoms with Crippen LogP contribution in [-0.2, 0) is 10.0 Å². The van der Waals surface area contributed by atoms with Crippen molar-refractivity contribution >= 4 is 21.4 Å². The lowest BCUT2D eigenvalue weighted by atomic mass is 9.76. The maximum atomic E-state index is 12.8. The van der Waals surface area contributed by atoms with E-state index in [0.29, 0.717) is 29.1 Å². The van der Waals surface area contributed by atoms with Crippen LogP contribution in [0.25, 0.3) is 0 Å². The quantitative estimate of drug-likeness (QED) is 0.609. The SMILES string of the molecule is O=S(=O)(c1cccs1)N1CCC(C(c2ccccc2)c2ccccc2)CC1. The third-order valence-electron chi connectivity index (χ3n) is 5.38. The Balaban J connectivity index is 1.56. The number of sulfonamides is 1. The van der Waals surface area contributed by atoms with Crippen LogP contribution >= 0.6 is 11.3 Å². The lowest BCUT2D eigenvalue weighted by molar-refractivity contribution is 0.257. The van der Waals surface area contributed by atoms with Crippen LogP contribution in [0.3, 0.4) is 0 Å². The van der Waals surface area contributed by atoms with Gasteiger partial charge in [-0.2, -0.15) is 4.31 Å². The molecule has 0 radical (unpaired) electrons. The molecule has 0 aliphatic carbocycles. The van der Waals surface area contributed by atoms with Crippen LogP contribution in [0.1, 0.15) is 29.9 Å². The molecule has 0 N–H and O–H groups in total. The number of thiophene rings is 1. The molecule has 2 aromatic carbocycles. The van der Waals surface area contributed by atoms with Crippen LogP contribution in [0.5, 0.6) is 0 Å². The maximum absolute atomic E-state index is 12.8. The molecule has 1 aliphatic rings. The third-order valence-corrected chi connectivity index (χ3v) is 8.65. The van der Waals surface area contributed by atoms with Crippen LogP contribution in [0.4, 0.5) is 0 Å². The Bertz CT molecular complexity index is 907. The van der Waals surface area contributed by atoms with Crippen molar-refractivity contribution in [2.75, 3.05) is 13.1 Å². The number of nitrogens with zero attached hydrogens (tertiary/aromatic N) is 1. The maximum Gasteiger partial charge on any atom is 0.252 e. The molecular formula is C22H23NO2S2. The Kier molecular flexibility index (Phi) is 5.43. The van der Waals surface area contributed by atoms with E-state index in [0.717, 1.165) is 12.8 Å². The van der Waals surface area contributed by atoms with E-state index < -0.39 is 10.0 Å². The molecule has 0 spiro atoms. The zero-order valence-electron chi connectivity index (χ0n) is 15.1. The van der Waals surface area contributed by atoms with Crippen molar-refractivity contribution in [3.05, 3.63) is 89.3 Å². The van der Waals surface area contributed by atoms with Gasteiger partial charge in [-0.25, -0.2) is 8.42 Å². The van der Waals surface area contributed by atoms with Gasteiger partial charge >= 0.3 is 0 Å². The highest BCUT2D eigenvalue weighted by atomic mass is 32.2. The molecular weight excluding hydrogens is 374 g/mol. The molecule has 0 unspecified atom stereocenters. The zero-order chi connectivity index (χ0) is 18.7. The van der Waals surface area contributed by atoms with Crippen molar-refractivity contribution in [3.63, 3.8) is 0 Å². The number of rotatable bonds is 5. The van der Waals surface area contributed by atoms with Crippen molar-refractivity contribution in [3.8, 4) is 0 Å². The molecule has 1 aromatic heterocycles. The van der Waals surface area contributed by atoms with E-state index in [1.165, 1.54) is 22.5 Å². The van der Waals surface area contributed by atoms with E-state index in [4.69, 9.17) is 0 Å². The summed E-state index contributed by atoms with van der Waals surface area (Å²) in [6.45, 7) is 1.17. The standard InChI is InChI=1S/C22H23NO2S2/c24-27(25,21-12-7-17-26-21)23-15-13-20(14-16-23)22(18-8-3-1-4-9-18)19-10-5-2-6-11-19/h1-12,17,20,22H,13-16H2. The van der Waals surface area contributed by atoms with E-state index in [-0.39, 0.29) is 0 Å². The molecule has 1 saturated heterocycles. The largest absolute Gasteiger partial charge is 0.252 e. The molecule has 0 saturated carbocycles. The molecule has 0 amide bonds. The van der Waals surface area contributed by atoms with Crippen molar-refractivity contribution in [1.29, 1.82) is 0 Å². The van der Waals surface area contributed by atoms with Gasteiger partial charge in [0.25, 0.3) is 10.0 Å². The van der Waals surface area contributed by atoms with E-state index in [1.807, 2.05) is 17.5 Å². The van der Waals surface area contributed by atoms with Gasteiger partial charge in [-0.3, -0.25) is 0 Å². The van der Waals surface area contributed by atoms with Gasteiger partial charge in [0.15, 0.2) is 0 Å². The lowest BCUT2D eigenvalue weighted by Gasteiger charge is -2.35. The molecule has 27 heavy (non-hydrogen) atoms. The lowest BCUT2D eigenvalue weighted by Crippen LogP contribution is -2.39. The van der Waals surface area contributed by atoms with Gasteiger partial charge in [-0.1, -0.05) is 66.7 Å². The first kappa shape index (κ1) is 18.4. The summed E-state index contributed by atoms with van der Waals surface area (Å²) in [4.78, 5) is 0. The first-order chi connectivity index (χ1) is 13.2. The summed E-state index contributed by atoms with van der Waals surface area (Å²) in [5.74, 6) is 0.739. The molecule has 1 aliphatic heterocycles. The summed E-state index contributed by atoms with van der Waals surface area (Å²) in [6, 6.07) is 24.7. The normalized spacial score (nSPS) is 16.6. The Morgan fingerprint density at radius 3 is 1.85 bits per heavy atom. The Morgan fingerprint density at radius 2 is 1.37 bits per heavy atom. The van der Waals surface area contributed by atoms with E-state index in [9.17, 15) is 8.42 Å². The molecule has 0 bridgehead atoms. The highest BCUT2D eigenvalue weighted by Crippen LogP contribution is 2.39. The summed E-state index contributed by atoms with van der Waals surface area (Å²) in [5, 5.41) is 1.82. The molecule has 5 heteroatoms. The molecule has 4 rings (SSSR count). The molecule has 1 fully saturated rings. The monoisotopic (exact) mass is 397 g/mol. The summed E-state index contributed by atoms with van der Waals surface area (Å²) < 4.78 is 27.7. The second kappa shape index (κ2) is 7.97. The van der Waals surface area contributed by atoms with Crippen LogP contribution in [0, 0.1) is 5.92 Å². The van der Waals surface area contributed by atoms with Gasteiger partial charge in [0.1, 0.15) is 4.21 Å². The van der Waals surface area contributed by atoms with Crippen molar-refractivity contribution in [2.24, 2.45) is 5.92 Å². The highest BCUT2D eigenvalue weighted by Gasteiger charge is 2.34. The summed E-state index contributed by atoms with van der Waals surface area (Å²) in [6.07, 6.45) is 1.75. The average Bonchev–Trinajstić information content (AvgIpc) is 3.26. The third kappa shape index (κ3) is 3.86. The number of hydrogen-bond acceptors (Lipinski definition) is 3. The molecule has 3 aromatic rings. The van der Waals surface area contributed by atoms with Gasteiger partial charge in [-0.05, 0) is 41.3 Å². The van der Waals surface area contributed by atoms with Gasteiger partial charge in [0.2, 0.25) is 0 Å². The van der Waals surface area contributed by atoms with Crippen LogP contribution in [0.15, 0.2) is 82.4 Å². The Morgan fingerprint density at radius 1 is 0.815 bits per heavy atom. The Hall–Kier alpha value is -1.95. The van der Waals surface area contributed by atoms with Crippen molar-refractivity contribution in [1.82, 2.24) is 4.31 Å². The topological polar surface area (TPSA) is 37.4 Å². The fourth-order valence-electron chi connectivity index (χ4n) is 4.04. The Labute approximate surface area is 165 Å². The predicted molar refractivity (Wildman–Crippen MR) is 111 cm³/mol. The van der Waals surface area contributed by atoms with Crippen LogP contribution < -0.4 is 0 Å². The van der Waals surface area contributed by atoms with E-state index in [2.05, 4.69) is 48.5 Å².